The first-order chi connectivity index (χ1) is 14.5. The van der Waals surface area contributed by atoms with E-state index in [1.54, 1.807) is 30.6 Å². The summed E-state index contributed by atoms with van der Waals surface area (Å²) in [5.41, 5.74) is 2.28. The predicted molar refractivity (Wildman–Crippen MR) is 111 cm³/mol. The lowest BCUT2D eigenvalue weighted by molar-refractivity contribution is -0.122. The standard InChI is InChI=1S/C22H25N5O3/c1-14(2)19(22-26-20(27-30-22)16-8-11-23-12-9-16)25-18(28)10-13-24-21(29)17-7-5-4-6-15(17)3/h4-9,11-12,14,19H,10,13H2,1-3H3,(H,24,29)(H,25,28). The molecule has 0 spiro atoms. The Morgan fingerprint density at radius 1 is 1.10 bits per heavy atom. The molecule has 0 aliphatic carbocycles. The first-order valence-corrected chi connectivity index (χ1v) is 9.83. The zero-order valence-electron chi connectivity index (χ0n) is 17.3. The zero-order valence-corrected chi connectivity index (χ0v) is 17.3. The highest BCUT2D eigenvalue weighted by molar-refractivity contribution is 5.95. The van der Waals surface area contributed by atoms with Crippen LogP contribution in [0.3, 0.4) is 0 Å². The number of nitrogens with one attached hydrogen (secondary N) is 2. The van der Waals surface area contributed by atoms with Crippen LogP contribution in [0, 0.1) is 12.8 Å². The third-order valence-corrected chi connectivity index (χ3v) is 4.66. The normalized spacial score (nSPS) is 11.9. The summed E-state index contributed by atoms with van der Waals surface area (Å²) in [4.78, 5) is 33.1. The van der Waals surface area contributed by atoms with Crippen molar-refractivity contribution in [3.63, 3.8) is 0 Å². The predicted octanol–water partition coefficient (Wildman–Crippen LogP) is 3.07. The summed E-state index contributed by atoms with van der Waals surface area (Å²) in [5.74, 6) is 0.427. The van der Waals surface area contributed by atoms with Crippen LogP contribution < -0.4 is 10.6 Å². The fraction of sp³-hybridized carbons (Fsp3) is 0.318. The van der Waals surface area contributed by atoms with E-state index in [0.29, 0.717) is 17.3 Å². The first kappa shape index (κ1) is 21.2. The molecule has 2 N–H and O–H groups in total. The molecule has 0 saturated heterocycles. The van der Waals surface area contributed by atoms with Crippen LogP contribution in [0.1, 0.15) is 48.1 Å². The van der Waals surface area contributed by atoms with Crippen molar-refractivity contribution in [2.24, 2.45) is 5.92 Å². The second kappa shape index (κ2) is 9.78. The number of benzene rings is 1. The third kappa shape index (κ3) is 5.28. The van der Waals surface area contributed by atoms with Gasteiger partial charge in [-0.25, -0.2) is 0 Å². The molecule has 156 valence electrons. The second-order valence-electron chi connectivity index (χ2n) is 7.30. The van der Waals surface area contributed by atoms with Crippen molar-refractivity contribution < 1.29 is 14.1 Å². The number of amides is 2. The summed E-state index contributed by atoms with van der Waals surface area (Å²) in [6, 6.07) is 10.5. The number of aromatic nitrogens is 3. The van der Waals surface area contributed by atoms with E-state index in [2.05, 4.69) is 25.8 Å². The van der Waals surface area contributed by atoms with E-state index in [1.165, 1.54) is 0 Å². The Kier molecular flexibility index (Phi) is 6.90. The van der Waals surface area contributed by atoms with E-state index in [9.17, 15) is 9.59 Å². The number of pyridine rings is 1. The maximum absolute atomic E-state index is 12.4. The molecular formula is C22H25N5O3. The van der Waals surface area contributed by atoms with Gasteiger partial charge in [0, 0.05) is 36.5 Å². The number of nitrogens with zero attached hydrogens (tertiary/aromatic N) is 3. The van der Waals surface area contributed by atoms with E-state index in [4.69, 9.17) is 4.52 Å². The first-order valence-electron chi connectivity index (χ1n) is 9.83. The van der Waals surface area contributed by atoms with Gasteiger partial charge in [-0.2, -0.15) is 4.98 Å². The lowest BCUT2D eigenvalue weighted by Gasteiger charge is -2.18. The van der Waals surface area contributed by atoms with Crippen LogP contribution in [-0.2, 0) is 4.79 Å². The van der Waals surface area contributed by atoms with Crippen LogP contribution in [0.5, 0.6) is 0 Å². The summed E-state index contributed by atoms with van der Waals surface area (Å²) >= 11 is 0. The van der Waals surface area contributed by atoms with Crippen LogP contribution in [0.25, 0.3) is 11.4 Å². The van der Waals surface area contributed by atoms with Crippen LogP contribution in [0.2, 0.25) is 0 Å². The SMILES string of the molecule is Cc1ccccc1C(=O)NCCC(=O)NC(c1nc(-c2ccncc2)no1)C(C)C. The van der Waals surface area contributed by atoms with Gasteiger partial charge in [0.25, 0.3) is 5.91 Å². The van der Waals surface area contributed by atoms with E-state index in [1.807, 2.05) is 39.0 Å². The maximum atomic E-state index is 12.4. The average Bonchev–Trinajstić information content (AvgIpc) is 3.22. The number of carbonyl (C=O) groups is 2. The summed E-state index contributed by atoms with van der Waals surface area (Å²) in [7, 11) is 0. The minimum atomic E-state index is -0.423. The summed E-state index contributed by atoms with van der Waals surface area (Å²) in [6.07, 6.45) is 3.45. The van der Waals surface area contributed by atoms with Crippen LogP contribution in [-0.4, -0.2) is 33.5 Å². The molecule has 0 radical (unpaired) electrons. The van der Waals surface area contributed by atoms with Crippen molar-refractivity contribution in [1.29, 1.82) is 0 Å². The summed E-state index contributed by atoms with van der Waals surface area (Å²) in [5, 5.41) is 9.71. The van der Waals surface area contributed by atoms with Crippen LogP contribution >= 0.6 is 0 Å². The second-order valence-corrected chi connectivity index (χ2v) is 7.30. The Morgan fingerprint density at radius 2 is 1.83 bits per heavy atom. The van der Waals surface area contributed by atoms with E-state index in [0.717, 1.165) is 11.1 Å². The number of hydrogen-bond donors (Lipinski definition) is 2. The van der Waals surface area contributed by atoms with Gasteiger partial charge < -0.3 is 15.2 Å². The highest BCUT2D eigenvalue weighted by Gasteiger charge is 2.24. The largest absolute Gasteiger partial charge is 0.352 e. The Morgan fingerprint density at radius 3 is 2.53 bits per heavy atom. The van der Waals surface area contributed by atoms with E-state index in [-0.39, 0.29) is 30.7 Å². The monoisotopic (exact) mass is 407 g/mol. The van der Waals surface area contributed by atoms with Gasteiger partial charge in [0.2, 0.25) is 17.6 Å². The number of carbonyl (C=O) groups excluding carboxylic acids is 2. The van der Waals surface area contributed by atoms with E-state index >= 15 is 0 Å². The molecule has 0 fully saturated rings. The van der Waals surface area contributed by atoms with Gasteiger partial charge in [-0.1, -0.05) is 37.2 Å². The molecule has 0 aliphatic rings. The minimum Gasteiger partial charge on any atom is -0.352 e. The van der Waals surface area contributed by atoms with Crippen molar-refractivity contribution in [3.05, 3.63) is 65.8 Å². The molecule has 1 aromatic carbocycles. The molecular weight excluding hydrogens is 382 g/mol. The molecule has 0 saturated carbocycles. The van der Waals surface area contributed by atoms with Crippen molar-refractivity contribution in [3.8, 4) is 11.4 Å². The number of aryl methyl sites for hydroxylation is 1. The molecule has 0 aliphatic heterocycles. The topological polar surface area (TPSA) is 110 Å². The molecule has 8 nitrogen and oxygen atoms in total. The Balaban J connectivity index is 1.56. The Labute approximate surface area is 175 Å². The Bertz CT molecular complexity index is 1000. The number of rotatable bonds is 8. The summed E-state index contributed by atoms with van der Waals surface area (Å²) in [6.45, 7) is 6.03. The van der Waals surface area contributed by atoms with Crippen LogP contribution in [0.15, 0.2) is 53.3 Å². The molecule has 0 bridgehead atoms. The molecule has 3 aromatic rings. The molecule has 30 heavy (non-hydrogen) atoms. The van der Waals surface area contributed by atoms with E-state index < -0.39 is 6.04 Å². The van der Waals surface area contributed by atoms with Gasteiger partial charge in [0.1, 0.15) is 6.04 Å². The third-order valence-electron chi connectivity index (χ3n) is 4.66. The molecule has 2 heterocycles. The zero-order chi connectivity index (χ0) is 21.5. The molecule has 1 atom stereocenters. The lowest BCUT2D eigenvalue weighted by atomic mass is 10.0. The van der Waals surface area contributed by atoms with Crippen molar-refractivity contribution in [2.45, 2.75) is 33.2 Å². The van der Waals surface area contributed by atoms with Crippen molar-refractivity contribution >= 4 is 11.8 Å². The minimum absolute atomic E-state index is 0.0428. The van der Waals surface area contributed by atoms with Gasteiger partial charge >= 0.3 is 0 Å². The van der Waals surface area contributed by atoms with Crippen molar-refractivity contribution in [1.82, 2.24) is 25.8 Å². The van der Waals surface area contributed by atoms with Gasteiger partial charge in [-0.05, 0) is 36.6 Å². The highest BCUT2D eigenvalue weighted by atomic mass is 16.5. The summed E-state index contributed by atoms with van der Waals surface area (Å²) < 4.78 is 5.39. The van der Waals surface area contributed by atoms with Crippen molar-refractivity contribution in [2.75, 3.05) is 6.54 Å². The highest BCUT2D eigenvalue weighted by Crippen LogP contribution is 2.23. The van der Waals surface area contributed by atoms with Gasteiger partial charge in [-0.15, -0.1) is 0 Å². The van der Waals surface area contributed by atoms with Gasteiger partial charge in [-0.3, -0.25) is 14.6 Å². The molecule has 3 rings (SSSR count). The smallest absolute Gasteiger partial charge is 0.251 e. The number of hydrogen-bond acceptors (Lipinski definition) is 6. The van der Waals surface area contributed by atoms with Gasteiger partial charge in [0.15, 0.2) is 0 Å². The average molecular weight is 407 g/mol. The molecule has 1 unspecified atom stereocenters. The lowest BCUT2D eigenvalue weighted by Crippen LogP contribution is -2.35. The fourth-order valence-corrected chi connectivity index (χ4v) is 2.95. The van der Waals surface area contributed by atoms with Gasteiger partial charge in [0.05, 0.1) is 0 Å². The molecule has 2 aromatic heterocycles. The molecule has 2 amide bonds. The Hall–Kier alpha value is -3.55. The molecule has 8 heteroatoms. The quantitative estimate of drug-likeness (QED) is 0.594. The van der Waals surface area contributed by atoms with Crippen LogP contribution in [0.4, 0.5) is 0 Å². The maximum Gasteiger partial charge on any atom is 0.251 e. The fourth-order valence-electron chi connectivity index (χ4n) is 2.95.